The quantitative estimate of drug-likeness (QED) is 0.295. The summed E-state index contributed by atoms with van der Waals surface area (Å²) >= 11 is 0.750. The SMILES string of the molecule is [CH2-]CCCC=O.[O]=[Ti].[V]. The van der Waals surface area contributed by atoms with Crippen LogP contribution in [0.25, 0.3) is 0 Å². The summed E-state index contributed by atoms with van der Waals surface area (Å²) in [6.45, 7) is 3.56. The maximum absolute atomic E-state index is 9.54. The number of carbonyl (C=O) groups is 1. The van der Waals surface area contributed by atoms with Crippen molar-refractivity contribution >= 4 is 6.29 Å². The first-order valence-electron chi connectivity index (χ1n) is 2.35. The monoisotopic (exact) mass is 200 g/mol. The van der Waals surface area contributed by atoms with Crippen LogP contribution < -0.4 is 0 Å². The number of unbranched alkanes of at least 4 members (excludes halogenated alkanes) is 2. The van der Waals surface area contributed by atoms with E-state index < -0.39 is 0 Å². The van der Waals surface area contributed by atoms with Crippen LogP contribution in [0, 0.1) is 6.92 Å². The zero-order valence-electron chi connectivity index (χ0n) is 5.17. The van der Waals surface area contributed by atoms with Crippen LogP contribution in [0.5, 0.6) is 0 Å². The number of aldehydes is 1. The fourth-order valence-electron chi connectivity index (χ4n) is 0.228. The van der Waals surface area contributed by atoms with Crippen molar-refractivity contribution in [3.8, 4) is 0 Å². The molecule has 0 aromatic rings. The Morgan fingerprint density at radius 3 is 2.00 bits per heavy atom. The van der Waals surface area contributed by atoms with Gasteiger partial charge >= 0.3 is 23.7 Å². The summed E-state index contributed by atoms with van der Waals surface area (Å²) in [5, 5.41) is 0. The minimum atomic E-state index is 0. The second kappa shape index (κ2) is 23.3. The average Bonchev–Trinajstić information content (AvgIpc) is 1.88. The maximum Gasteiger partial charge on any atom is 0 e. The van der Waals surface area contributed by atoms with Crippen LogP contribution in [0.2, 0.25) is 0 Å². The second-order valence-corrected chi connectivity index (χ2v) is 1.16. The van der Waals surface area contributed by atoms with Gasteiger partial charge in [-0.05, 0) is 0 Å². The first-order valence-corrected chi connectivity index (χ1v) is 2.99. The summed E-state index contributed by atoms with van der Waals surface area (Å²) < 4.78 is 8.25. The third-order valence-electron chi connectivity index (χ3n) is 0.572. The summed E-state index contributed by atoms with van der Waals surface area (Å²) in [7, 11) is 0. The van der Waals surface area contributed by atoms with Crippen molar-refractivity contribution in [2.75, 3.05) is 0 Å². The van der Waals surface area contributed by atoms with Crippen molar-refractivity contribution in [1.29, 1.82) is 0 Å². The molecule has 0 rings (SSSR count). The molecule has 0 amide bonds. The van der Waals surface area contributed by atoms with Crippen LogP contribution >= 0.6 is 0 Å². The summed E-state index contributed by atoms with van der Waals surface area (Å²) in [5.74, 6) is 0. The summed E-state index contributed by atoms with van der Waals surface area (Å²) in [4.78, 5) is 9.54. The van der Waals surface area contributed by atoms with E-state index in [0.29, 0.717) is 6.42 Å². The molecule has 0 aromatic heterocycles. The van der Waals surface area contributed by atoms with Crippen LogP contribution in [0.4, 0.5) is 0 Å². The third-order valence-corrected chi connectivity index (χ3v) is 0.572. The Balaban J connectivity index is -0.000000109. The molecule has 0 aliphatic rings. The van der Waals surface area contributed by atoms with E-state index in [2.05, 4.69) is 6.92 Å². The summed E-state index contributed by atoms with van der Waals surface area (Å²) in [6, 6.07) is 0. The average molecular weight is 200 g/mol. The van der Waals surface area contributed by atoms with Gasteiger partial charge in [-0.2, -0.15) is 6.42 Å². The smallest absolute Gasteiger partial charge is 0 e. The molecule has 0 saturated heterocycles. The molecule has 0 heterocycles. The molecule has 0 atom stereocenters. The van der Waals surface area contributed by atoms with Crippen LogP contribution in [0.15, 0.2) is 0 Å². The van der Waals surface area contributed by atoms with Crippen molar-refractivity contribution in [3.05, 3.63) is 6.92 Å². The zero-order chi connectivity index (χ0) is 6.83. The van der Waals surface area contributed by atoms with Gasteiger partial charge in [0.1, 0.15) is 6.29 Å². The van der Waals surface area contributed by atoms with Gasteiger partial charge in [0.2, 0.25) is 0 Å². The molecule has 0 bridgehead atoms. The van der Waals surface area contributed by atoms with Crippen LogP contribution in [-0.2, 0) is 47.1 Å². The molecule has 0 unspecified atom stereocenters. The molecular weight excluding hydrogens is 191 g/mol. The zero-order valence-corrected chi connectivity index (χ0v) is 8.13. The van der Waals surface area contributed by atoms with Crippen molar-refractivity contribution in [3.63, 3.8) is 0 Å². The topological polar surface area (TPSA) is 34.1 Å². The molecule has 2 nitrogen and oxygen atoms in total. The number of carbonyl (C=O) groups excluding carboxylic acids is 1. The first kappa shape index (κ1) is 16.4. The van der Waals surface area contributed by atoms with E-state index in [1.807, 2.05) is 0 Å². The molecule has 0 N–H and O–H groups in total. The minimum Gasteiger partial charge on any atom is 0 e. The van der Waals surface area contributed by atoms with E-state index in [1.165, 1.54) is 0 Å². The van der Waals surface area contributed by atoms with Crippen molar-refractivity contribution in [1.82, 2.24) is 0 Å². The largest absolute Gasteiger partial charge is 0 e. The number of hydrogen-bond donors (Lipinski definition) is 0. The van der Waals surface area contributed by atoms with E-state index in [9.17, 15) is 4.79 Å². The van der Waals surface area contributed by atoms with E-state index >= 15 is 0 Å². The molecule has 4 heteroatoms. The van der Waals surface area contributed by atoms with Gasteiger partial charge in [0.05, 0.1) is 0 Å². The Morgan fingerprint density at radius 2 is 1.89 bits per heavy atom. The molecule has 0 fully saturated rings. The van der Waals surface area contributed by atoms with E-state index in [-0.39, 0.29) is 18.6 Å². The number of hydrogen-bond acceptors (Lipinski definition) is 2. The fraction of sp³-hybridized carbons (Fsp3) is 0.600. The normalized spacial score (nSPS) is 5.78. The van der Waals surface area contributed by atoms with E-state index in [1.54, 1.807) is 0 Å². The van der Waals surface area contributed by atoms with Crippen molar-refractivity contribution in [2.24, 2.45) is 0 Å². The Hall–Kier alpha value is 0.769. The predicted octanol–water partition coefficient (Wildman–Crippen LogP) is 1.07. The van der Waals surface area contributed by atoms with Gasteiger partial charge in [0.15, 0.2) is 0 Å². The Bertz CT molecular complexity index is 52.2. The molecule has 51 valence electrons. The minimum absolute atomic E-state index is 0. The Labute approximate surface area is 79.4 Å². The molecule has 0 aliphatic carbocycles. The fourth-order valence-corrected chi connectivity index (χ4v) is 0.228. The Morgan fingerprint density at radius 1 is 1.44 bits per heavy atom. The Kier molecular flexibility index (Phi) is 42.4. The molecule has 0 saturated carbocycles. The van der Waals surface area contributed by atoms with Gasteiger partial charge in [0.25, 0.3) is 0 Å². The van der Waals surface area contributed by atoms with Gasteiger partial charge in [0, 0.05) is 25.0 Å². The van der Waals surface area contributed by atoms with Crippen molar-refractivity contribution in [2.45, 2.75) is 19.3 Å². The molecule has 1 radical (unpaired) electrons. The molecular formula is C5H9O2TiV-. The molecule has 9 heavy (non-hydrogen) atoms. The molecule has 0 spiro atoms. The maximum atomic E-state index is 9.54. The van der Waals surface area contributed by atoms with Crippen LogP contribution in [0.3, 0.4) is 0 Å². The summed E-state index contributed by atoms with van der Waals surface area (Å²) in [6.07, 6.45) is 3.40. The standard InChI is InChI=1S/C5H9O.O.Ti.V/c1-2-3-4-5-6;;;/h5H,1-4H2;;;/q-1;;;. The van der Waals surface area contributed by atoms with E-state index in [4.69, 9.17) is 3.32 Å². The first-order chi connectivity index (χ1) is 3.91. The van der Waals surface area contributed by atoms with Crippen LogP contribution in [0.1, 0.15) is 19.3 Å². The summed E-state index contributed by atoms with van der Waals surface area (Å²) in [5.41, 5.74) is 0. The molecule has 0 aliphatic heterocycles. The van der Waals surface area contributed by atoms with Gasteiger partial charge in [-0.25, -0.2) is 0 Å². The van der Waals surface area contributed by atoms with Crippen molar-refractivity contribution < 1.29 is 47.1 Å². The van der Waals surface area contributed by atoms with Crippen LogP contribution in [-0.4, -0.2) is 6.29 Å². The van der Waals surface area contributed by atoms with E-state index in [0.717, 1.165) is 39.5 Å². The van der Waals surface area contributed by atoms with Gasteiger partial charge in [-0.15, -0.1) is 0 Å². The second-order valence-electron chi connectivity index (χ2n) is 1.16. The van der Waals surface area contributed by atoms with Gasteiger partial charge in [-0.1, -0.05) is 6.42 Å². The van der Waals surface area contributed by atoms with Gasteiger partial charge < -0.3 is 11.7 Å². The third kappa shape index (κ3) is 28.3. The number of rotatable bonds is 3. The van der Waals surface area contributed by atoms with Gasteiger partial charge in [-0.3, -0.25) is 0 Å². The molecule has 0 aromatic carbocycles. The predicted molar refractivity (Wildman–Crippen MR) is 26.0 cm³/mol.